The SMILES string of the molecule is CCOc1cc(/C=N/NC(=O)CN(c2ccccc2[N+](=O)[O-])S(=O)(=O)c2ccccc2)ccc1O. The maximum Gasteiger partial charge on any atom is 0.293 e. The smallest absolute Gasteiger partial charge is 0.293 e. The molecule has 12 heteroatoms. The predicted molar refractivity (Wildman–Crippen MR) is 129 cm³/mol. The van der Waals surface area contributed by atoms with Crippen molar-refractivity contribution in [3.8, 4) is 11.5 Å². The minimum absolute atomic E-state index is 0.0562. The van der Waals surface area contributed by atoms with Gasteiger partial charge < -0.3 is 9.84 Å². The van der Waals surface area contributed by atoms with Gasteiger partial charge in [0.1, 0.15) is 12.2 Å². The van der Waals surface area contributed by atoms with Crippen molar-refractivity contribution in [1.29, 1.82) is 0 Å². The van der Waals surface area contributed by atoms with E-state index in [9.17, 15) is 28.4 Å². The highest BCUT2D eigenvalue weighted by Gasteiger charge is 2.31. The third kappa shape index (κ3) is 6.12. The normalized spacial score (nSPS) is 11.2. The fourth-order valence-electron chi connectivity index (χ4n) is 3.08. The van der Waals surface area contributed by atoms with E-state index in [1.165, 1.54) is 66.9 Å². The largest absolute Gasteiger partial charge is 0.504 e. The molecule has 35 heavy (non-hydrogen) atoms. The van der Waals surface area contributed by atoms with Gasteiger partial charge in [-0.05, 0) is 48.9 Å². The molecule has 3 aromatic carbocycles. The number of phenols is 1. The van der Waals surface area contributed by atoms with E-state index in [2.05, 4.69) is 10.5 Å². The van der Waals surface area contributed by atoms with Crippen LogP contribution in [0, 0.1) is 10.1 Å². The summed E-state index contributed by atoms with van der Waals surface area (Å²) in [5.74, 6) is -0.652. The van der Waals surface area contributed by atoms with Crippen LogP contribution < -0.4 is 14.5 Å². The lowest BCUT2D eigenvalue weighted by Crippen LogP contribution is -2.39. The summed E-state index contributed by atoms with van der Waals surface area (Å²) in [5.41, 5.74) is 1.98. The first-order valence-corrected chi connectivity index (χ1v) is 11.8. The number of para-hydroxylation sites is 2. The molecule has 0 saturated heterocycles. The Morgan fingerprint density at radius 3 is 2.51 bits per heavy atom. The molecule has 0 radical (unpaired) electrons. The van der Waals surface area contributed by atoms with E-state index in [-0.39, 0.29) is 22.1 Å². The summed E-state index contributed by atoms with van der Waals surface area (Å²) >= 11 is 0. The highest BCUT2D eigenvalue weighted by Crippen LogP contribution is 2.32. The first kappa shape index (κ1) is 25.2. The lowest BCUT2D eigenvalue weighted by atomic mass is 10.2. The number of anilines is 1. The number of hydrogen-bond donors (Lipinski definition) is 2. The Bertz CT molecular complexity index is 1340. The summed E-state index contributed by atoms with van der Waals surface area (Å²) in [4.78, 5) is 23.3. The fourth-order valence-corrected chi connectivity index (χ4v) is 4.53. The predicted octanol–water partition coefficient (Wildman–Crippen LogP) is 3.04. The average molecular weight is 499 g/mol. The van der Waals surface area contributed by atoms with Crippen molar-refractivity contribution in [3.63, 3.8) is 0 Å². The maximum atomic E-state index is 13.3. The number of carbonyl (C=O) groups excluding carboxylic acids is 1. The van der Waals surface area contributed by atoms with E-state index in [4.69, 9.17) is 4.74 Å². The fraction of sp³-hybridized carbons (Fsp3) is 0.130. The number of benzene rings is 3. The number of aromatic hydroxyl groups is 1. The number of sulfonamides is 1. The Hall–Kier alpha value is -4.45. The van der Waals surface area contributed by atoms with Gasteiger partial charge in [0.05, 0.1) is 22.6 Å². The molecule has 0 saturated carbocycles. The van der Waals surface area contributed by atoms with E-state index >= 15 is 0 Å². The van der Waals surface area contributed by atoms with Crippen LogP contribution in [0.25, 0.3) is 0 Å². The topological polar surface area (TPSA) is 151 Å². The molecule has 3 aromatic rings. The Labute approximate surface area is 201 Å². The standard InChI is InChI=1S/C23H22N4O7S/c1-2-34-22-14-17(12-13-21(22)28)15-24-25-23(29)16-26(19-10-6-7-11-20(19)27(30)31)35(32,33)18-8-4-3-5-9-18/h3-15,28H,2,16H2,1H3,(H,25,29)/b24-15+. The van der Waals surface area contributed by atoms with Crippen LogP contribution in [0.15, 0.2) is 82.8 Å². The van der Waals surface area contributed by atoms with E-state index in [0.29, 0.717) is 16.5 Å². The summed E-state index contributed by atoms with van der Waals surface area (Å²) in [6.07, 6.45) is 1.28. The van der Waals surface area contributed by atoms with Crippen LogP contribution in [-0.2, 0) is 14.8 Å². The van der Waals surface area contributed by atoms with Gasteiger partial charge in [-0.25, -0.2) is 18.1 Å². The second-order valence-corrected chi connectivity index (χ2v) is 8.89. The van der Waals surface area contributed by atoms with Gasteiger partial charge in [0.25, 0.3) is 21.6 Å². The summed E-state index contributed by atoms with van der Waals surface area (Å²) in [6, 6.07) is 17.0. The van der Waals surface area contributed by atoms with Gasteiger partial charge >= 0.3 is 0 Å². The van der Waals surface area contributed by atoms with Gasteiger partial charge in [-0.15, -0.1) is 0 Å². The molecule has 0 fully saturated rings. The summed E-state index contributed by atoms with van der Waals surface area (Å²) < 4.78 is 32.6. The van der Waals surface area contributed by atoms with Crippen molar-refractivity contribution in [2.24, 2.45) is 5.10 Å². The Morgan fingerprint density at radius 1 is 1.14 bits per heavy atom. The summed E-state index contributed by atoms with van der Waals surface area (Å²) in [6.45, 7) is 1.33. The molecule has 1 amide bonds. The zero-order valence-electron chi connectivity index (χ0n) is 18.6. The highest BCUT2D eigenvalue weighted by atomic mass is 32.2. The van der Waals surface area contributed by atoms with Crippen LogP contribution in [0.2, 0.25) is 0 Å². The zero-order valence-corrected chi connectivity index (χ0v) is 19.4. The number of nitro groups is 1. The monoisotopic (exact) mass is 498 g/mol. The van der Waals surface area contributed by atoms with E-state index in [0.717, 1.165) is 6.07 Å². The lowest BCUT2D eigenvalue weighted by molar-refractivity contribution is -0.384. The van der Waals surface area contributed by atoms with E-state index in [1.54, 1.807) is 13.0 Å². The number of amides is 1. The van der Waals surface area contributed by atoms with Crippen LogP contribution in [0.5, 0.6) is 11.5 Å². The van der Waals surface area contributed by atoms with Gasteiger partial charge in [0, 0.05) is 6.07 Å². The molecule has 3 rings (SSSR count). The number of rotatable bonds is 10. The summed E-state index contributed by atoms with van der Waals surface area (Å²) in [7, 11) is -4.33. The molecule has 0 spiro atoms. The number of nitrogens with one attached hydrogen (secondary N) is 1. The number of carbonyl (C=O) groups is 1. The van der Waals surface area contributed by atoms with E-state index < -0.39 is 33.1 Å². The van der Waals surface area contributed by atoms with Crippen molar-refractivity contribution in [2.45, 2.75) is 11.8 Å². The van der Waals surface area contributed by atoms with Crippen molar-refractivity contribution in [2.75, 3.05) is 17.5 Å². The van der Waals surface area contributed by atoms with Gasteiger partial charge in [-0.1, -0.05) is 30.3 Å². The Balaban J connectivity index is 1.87. The number of ether oxygens (including phenoxy) is 1. The van der Waals surface area contributed by atoms with Gasteiger partial charge in [-0.3, -0.25) is 14.9 Å². The molecule has 0 heterocycles. The second-order valence-electron chi connectivity index (χ2n) is 7.02. The third-order valence-electron chi connectivity index (χ3n) is 4.65. The van der Waals surface area contributed by atoms with Crippen LogP contribution in [-0.4, -0.2) is 43.7 Å². The average Bonchev–Trinajstić information content (AvgIpc) is 2.85. The zero-order chi connectivity index (χ0) is 25.4. The first-order chi connectivity index (χ1) is 16.7. The lowest BCUT2D eigenvalue weighted by Gasteiger charge is -2.23. The molecular weight excluding hydrogens is 476 g/mol. The first-order valence-electron chi connectivity index (χ1n) is 10.3. The van der Waals surface area contributed by atoms with Gasteiger partial charge in [-0.2, -0.15) is 5.10 Å². The molecule has 182 valence electrons. The Morgan fingerprint density at radius 2 is 1.83 bits per heavy atom. The quantitative estimate of drug-likeness (QED) is 0.248. The van der Waals surface area contributed by atoms with E-state index in [1.807, 2.05) is 0 Å². The second kappa shape index (κ2) is 11.1. The third-order valence-corrected chi connectivity index (χ3v) is 6.43. The molecule has 0 aromatic heterocycles. The number of phenolic OH excluding ortho intramolecular Hbond substituents is 1. The molecule has 2 N–H and O–H groups in total. The number of nitrogens with zero attached hydrogens (tertiary/aromatic N) is 3. The van der Waals surface area contributed by atoms with Crippen molar-refractivity contribution in [1.82, 2.24) is 5.43 Å². The van der Waals surface area contributed by atoms with Gasteiger partial charge in [0.2, 0.25) is 0 Å². The molecule has 0 unspecified atom stereocenters. The minimum atomic E-state index is -4.33. The van der Waals surface area contributed by atoms with Crippen molar-refractivity contribution >= 4 is 33.5 Å². The number of nitro benzene ring substituents is 1. The van der Waals surface area contributed by atoms with Crippen LogP contribution in [0.4, 0.5) is 11.4 Å². The van der Waals surface area contributed by atoms with Crippen LogP contribution in [0.1, 0.15) is 12.5 Å². The molecule has 0 aliphatic rings. The van der Waals surface area contributed by atoms with Crippen LogP contribution >= 0.6 is 0 Å². The highest BCUT2D eigenvalue weighted by molar-refractivity contribution is 7.92. The minimum Gasteiger partial charge on any atom is -0.504 e. The maximum absolute atomic E-state index is 13.3. The van der Waals surface area contributed by atoms with Gasteiger partial charge in [0.15, 0.2) is 11.5 Å². The Kier molecular flexibility index (Phi) is 8.00. The van der Waals surface area contributed by atoms with Crippen molar-refractivity contribution in [3.05, 3.63) is 88.5 Å². The number of hydrogen-bond acceptors (Lipinski definition) is 8. The molecular formula is C23H22N4O7S. The summed E-state index contributed by atoms with van der Waals surface area (Å²) in [5, 5.41) is 25.1. The molecule has 11 nitrogen and oxygen atoms in total. The molecule has 0 aliphatic heterocycles. The molecule has 0 bridgehead atoms. The van der Waals surface area contributed by atoms with Crippen molar-refractivity contribution < 1.29 is 28.0 Å². The van der Waals surface area contributed by atoms with Crippen LogP contribution in [0.3, 0.4) is 0 Å². The molecule has 0 aliphatic carbocycles. The number of hydrazone groups is 1. The molecule has 0 atom stereocenters.